The van der Waals surface area contributed by atoms with Crippen molar-refractivity contribution in [3.63, 3.8) is 0 Å². The smallest absolute Gasteiger partial charge is 0.0210 e. The Morgan fingerprint density at radius 1 is 0.824 bits per heavy atom. The lowest BCUT2D eigenvalue weighted by Gasteiger charge is -2.33. The maximum absolute atomic E-state index is 3.99. The van der Waals surface area contributed by atoms with Crippen molar-refractivity contribution >= 4 is 0 Å². The molecule has 1 saturated carbocycles. The van der Waals surface area contributed by atoms with Gasteiger partial charge in [0, 0.05) is 37.8 Å². The first-order valence-electron chi connectivity index (χ1n) is 7.61. The number of nitrogens with zero attached hydrogens (tertiary/aromatic N) is 2. The summed E-state index contributed by atoms with van der Waals surface area (Å²) in [5, 5.41) is 3.99. The number of hydrogen-bond acceptors (Lipinski definition) is 3. The molecule has 17 heavy (non-hydrogen) atoms. The molecule has 3 nitrogen and oxygen atoms in total. The Labute approximate surface area is 105 Å². The summed E-state index contributed by atoms with van der Waals surface area (Å²) in [5.74, 6) is 0.957. The summed E-state index contributed by atoms with van der Waals surface area (Å²) in [6.45, 7) is 6.76. The van der Waals surface area contributed by atoms with Crippen LogP contribution in [0, 0.1) is 5.92 Å². The normalized spacial score (nSPS) is 46.6. The van der Waals surface area contributed by atoms with Crippen molar-refractivity contribution in [3.05, 3.63) is 0 Å². The van der Waals surface area contributed by atoms with E-state index in [1.165, 1.54) is 64.8 Å². The minimum absolute atomic E-state index is 0.799. The van der Waals surface area contributed by atoms with Crippen LogP contribution in [-0.4, -0.2) is 60.6 Å². The summed E-state index contributed by atoms with van der Waals surface area (Å²) in [5.41, 5.74) is 0. The molecule has 4 unspecified atom stereocenters. The third-order valence-corrected chi connectivity index (χ3v) is 5.37. The fourth-order valence-electron chi connectivity index (χ4n) is 4.17. The average Bonchev–Trinajstić information content (AvgIpc) is 2.97. The molecule has 0 aromatic heterocycles. The van der Waals surface area contributed by atoms with Crippen molar-refractivity contribution in [2.45, 2.75) is 50.2 Å². The van der Waals surface area contributed by atoms with Crippen molar-refractivity contribution in [1.82, 2.24) is 15.1 Å². The number of rotatable bonds is 3. The monoisotopic (exact) mass is 235 g/mol. The van der Waals surface area contributed by atoms with Gasteiger partial charge in [-0.2, -0.15) is 0 Å². The Kier molecular flexibility index (Phi) is 2.67. The SMILES string of the molecule is C1CN(C2CC2)CC1NC1CCN2CCC1C2. The fourth-order valence-corrected chi connectivity index (χ4v) is 4.17. The van der Waals surface area contributed by atoms with Gasteiger partial charge in [0.05, 0.1) is 0 Å². The zero-order valence-electron chi connectivity index (χ0n) is 10.8. The standard InChI is InChI=1S/C14H25N3/c1-2-13(1)17-8-4-12(10-17)15-14-5-7-16-6-3-11(14)9-16/h11-15H,1-10H2. The molecule has 4 fully saturated rings. The van der Waals surface area contributed by atoms with Crippen LogP contribution in [0.1, 0.15) is 32.1 Å². The Hall–Kier alpha value is -0.120. The molecule has 3 heterocycles. The van der Waals surface area contributed by atoms with E-state index in [-0.39, 0.29) is 0 Å². The van der Waals surface area contributed by atoms with E-state index in [1.807, 2.05) is 0 Å². The second-order valence-corrected chi connectivity index (χ2v) is 6.62. The van der Waals surface area contributed by atoms with Gasteiger partial charge in [-0.15, -0.1) is 0 Å². The van der Waals surface area contributed by atoms with Crippen LogP contribution in [0.25, 0.3) is 0 Å². The van der Waals surface area contributed by atoms with E-state index in [0.717, 1.165) is 24.0 Å². The van der Waals surface area contributed by atoms with E-state index in [0.29, 0.717) is 0 Å². The predicted molar refractivity (Wildman–Crippen MR) is 69.1 cm³/mol. The number of fused-ring (bicyclic) bond motifs is 2. The minimum atomic E-state index is 0.799. The van der Waals surface area contributed by atoms with Crippen LogP contribution < -0.4 is 5.32 Å². The van der Waals surface area contributed by atoms with E-state index in [1.54, 1.807) is 0 Å². The lowest BCUT2D eigenvalue weighted by molar-refractivity contribution is 0.207. The summed E-state index contributed by atoms with van der Waals surface area (Å²) in [6, 6.07) is 2.60. The average molecular weight is 235 g/mol. The third kappa shape index (κ3) is 2.13. The molecule has 0 amide bonds. The molecule has 3 heteroatoms. The summed E-state index contributed by atoms with van der Waals surface area (Å²) in [4.78, 5) is 5.37. The van der Waals surface area contributed by atoms with Gasteiger partial charge in [0.25, 0.3) is 0 Å². The maximum atomic E-state index is 3.99. The molecule has 3 aliphatic heterocycles. The Balaban J connectivity index is 1.32. The molecule has 1 N–H and O–H groups in total. The lowest BCUT2D eigenvalue weighted by Crippen LogP contribution is -2.48. The summed E-state index contributed by atoms with van der Waals surface area (Å²) in [7, 11) is 0. The van der Waals surface area contributed by atoms with Gasteiger partial charge in [-0.05, 0) is 51.1 Å². The quantitative estimate of drug-likeness (QED) is 0.784. The van der Waals surface area contributed by atoms with Crippen LogP contribution in [0.15, 0.2) is 0 Å². The van der Waals surface area contributed by atoms with Crippen molar-refractivity contribution in [3.8, 4) is 0 Å². The molecule has 4 atom stereocenters. The van der Waals surface area contributed by atoms with Crippen LogP contribution in [0.2, 0.25) is 0 Å². The highest BCUT2D eigenvalue weighted by Crippen LogP contribution is 2.31. The molecular weight excluding hydrogens is 210 g/mol. The van der Waals surface area contributed by atoms with E-state index in [2.05, 4.69) is 15.1 Å². The van der Waals surface area contributed by atoms with Crippen LogP contribution >= 0.6 is 0 Å². The van der Waals surface area contributed by atoms with Gasteiger partial charge in [0.2, 0.25) is 0 Å². The van der Waals surface area contributed by atoms with Crippen LogP contribution in [0.3, 0.4) is 0 Å². The predicted octanol–water partition coefficient (Wildman–Crippen LogP) is 0.907. The minimum Gasteiger partial charge on any atom is -0.310 e. The highest BCUT2D eigenvalue weighted by molar-refractivity contribution is 4.96. The number of likely N-dealkylation sites (tertiary alicyclic amines) is 1. The Bertz CT molecular complexity index is 289. The van der Waals surface area contributed by atoms with Crippen LogP contribution in [-0.2, 0) is 0 Å². The molecular formula is C14H25N3. The van der Waals surface area contributed by atoms with Crippen molar-refractivity contribution < 1.29 is 0 Å². The van der Waals surface area contributed by atoms with Crippen molar-refractivity contribution in [1.29, 1.82) is 0 Å². The maximum Gasteiger partial charge on any atom is 0.0210 e. The van der Waals surface area contributed by atoms with Gasteiger partial charge in [0.1, 0.15) is 0 Å². The first-order chi connectivity index (χ1) is 8.38. The van der Waals surface area contributed by atoms with Gasteiger partial charge in [-0.25, -0.2) is 0 Å². The summed E-state index contributed by atoms with van der Waals surface area (Å²) >= 11 is 0. The van der Waals surface area contributed by atoms with E-state index in [9.17, 15) is 0 Å². The van der Waals surface area contributed by atoms with E-state index < -0.39 is 0 Å². The second kappa shape index (κ2) is 4.22. The van der Waals surface area contributed by atoms with E-state index in [4.69, 9.17) is 0 Å². The zero-order chi connectivity index (χ0) is 11.2. The highest BCUT2D eigenvalue weighted by atomic mass is 15.2. The third-order valence-electron chi connectivity index (χ3n) is 5.37. The topological polar surface area (TPSA) is 18.5 Å². The largest absolute Gasteiger partial charge is 0.310 e. The molecule has 3 saturated heterocycles. The molecule has 1 aliphatic carbocycles. The first-order valence-corrected chi connectivity index (χ1v) is 7.61. The summed E-state index contributed by atoms with van der Waals surface area (Å²) in [6.07, 6.45) is 7.16. The zero-order valence-corrected chi connectivity index (χ0v) is 10.8. The van der Waals surface area contributed by atoms with Crippen LogP contribution in [0.5, 0.6) is 0 Å². The second-order valence-electron chi connectivity index (χ2n) is 6.62. The molecule has 0 aromatic rings. The van der Waals surface area contributed by atoms with Crippen LogP contribution in [0.4, 0.5) is 0 Å². The Morgan fingerprint density at radius 3 is 2.59 bits per heavy atom. The fraction of sp³-hybridized carbons (Fsp3) is 1.00. The molecule has 96 valence electrons. The van der Waals surface area contributed by atoms with Gasteiger partial charge in [-0.3, -0.25) is 4.90 Å². The molecule has 0 radical (unpaired) electrons. The number of nitrogens with one attached hydrogen (secondary N) is 1. The molecule has 2 bridgehead atoms. The number of piperidine rings is 1. The van der Waals surface area contributed by atoms with Crippen molar-refractivity contribution in [2.75, 3.05) is 32.7 Å². The molecule has 0 spiro atoms. The van der Waals surface area contributed by atoms with Gasteiger partial charge >= 0.3 is 0 Å². The van der Waals surface area contributed by atoms with Gasteiger partial charge in [-0.1, -0.05) is 0 Å². The van der Waals surface area contributed by atoms with Crippen molar-refractivity contribution in [2.24, 2.45) is 5.92 Å². The Morgan fingerprint density at radius 2 is 1.71 bits per heavy atom. The summed E-state index contributed by atoms with van der Waals surface area (Å²) < 4.78 is 0. The highest BCUT2D eigenvalue weighted by Gasteiger charge is 2.38. The molecule has 4 rings (SSSR count). The lowest BCUT2D eigenvalue weighted by atomic mass is 9.93. The van der Waals surface area contributed by atoms with Gasteiger partial charge < -0.3 is 10.2 Å². The number of hydrogen-bond donors (Lipinski definition) is 1. The molecule has 4 aliphatic rings. The van der Waals surface area contributed by atoms with Gasteiger partial charge in [0.15, 0.2) is 0 Å². The molecule has 0 aromatic carbocycles. The van der Waals surface area contributed by atoms with E-state index >= 15 is 0 Å². The first kappa shape index (κ1) is 10.8.